The summed E-state index contributed by atoms with van der Waals surface area (Å²) in [5.41, 5.74) is 3.77. The lowest BCUT2D eigenvalue weighted by Crippen LogP contribution is -2.29. The van der Waals surface area contributed by atoms with Gasteiger partial charge in [0.1, 0.15) is 12.6 Å². The van der Waals surface area contributed by atoms with Gasteiger partial charge in [-0.1, -0.05) is 66.7 Å². The summed E-state index contributed by atoms with van der Waals surface area (Å²) in [5.74, 6) is 1.79. The number of carbonyl (C=O) groups excluding carboxylic acids is 1. The number of hydrogen-bond donors (Lipinski definition) is 1. The summed E-state index contributed by atoms with van der Waals surface area (Å²) in [6, 6.07) is 24.6. The third kappa shape index (κ3) is 4.40. The molecule has 0 saturated heterocycles. The summed E-state index contributed by atoms with van der Waals surface area (Å²) in [7, 11) is 2.97. The fourth-order valence-corrected chi connectivity index (χ4v) is 4.25. The molecule has 1 aliphatic heterocycles. The maximum atomic E-state index is 12.9. The summed E-state index contributed by atoms with van der Waals surface area (Å²) in [6.45, 7) is 2.20. The Morgan fingerprint density at radius 1 is 0.972 bits per heavy atom. The van der Waals surface area contributed by atoms with E-state index in [1.165, 1.54) is 7.11 Å². The van der Waals surface area contributed by atoms with Crippen LogP contribution >= 0.6 is 0 Å². The first-order valence-corrected chi connectivity index (χ1v) is 11.5. The van der Waals surface area contributed by atoms with Crippen LogP contribution in [0.4, 0.5) is 5.95 Å². The van der Waals surface area contributed by atoms with Crippen LogP contribution in [0.3, 0.4) is 0 Å². The number of rotatable bonds is 7. The highest BCUT2D eigenvalue weighted by Crippen LogP contribution is 2.40. The fourth-order valence-electron chi connectivity index (χ4n) is 4.25. The molecule has 8 heteroatoms. The number of nitrogens with zero attached hydrogens (tertiary/aromatic N) is 3. The predicted molar refractivity (Wildman–Crippen MR) is 136 cm³/mol. The van der Waals surface area contributed by atoms with Gasteiger partial charge in [-0.25, -0.2) is 9.48 Å². The Balaban J connectivity index is 1.59. The lowest BCUT2D eigenvalue weighted by Gasteiger charge is -2.28. The first-order chi connectivity index (χ1) is 17.6. The van der Waals surface area contributed by atoms with Crippen LogP contribution in [0.2, 0.25) is 0 Å². The summed E-state index contributed by atoms with van der Waals surface area (Å²) < 4.78 is 18.5. The van der Waals surface area contributed by atoms with Crippen molar-refractivity contribution in [3.05, 3.63) is 101 Å². The van der Waals surface area contributed by atoms with E-state index < -0.39 is 12.0 Å². The molecule has 0 spiro atoms. The number of esters is 1. The lowest BCUT2D eigenvalue weighted by molar-refractivity contribution is -0.136. The Hall–Kier alpha value is -4.59. The number of aromatic nitrogens is 3. The second-order valence-electron chi connectivity index (χ2n) is 8.31. The molecule has 1 aromatic heterocycles. The largest absolute Gasteiger partial charge is 0.493 e. The Bertz CT molecular complexity index is 1410. The monoisotopic (exact) mass is 482 g/mol. The Morgan fingerprint density at radius 3 is 2.39 bits per heavy atom. The molecule has 0 saturated carbocycles. The van der Waals surface area contributed by atoms with Gasteiger partial charge in [-0.05, 0) is 30.2 Å². The second-order valence-corrected chi connectivity index (χ2v) is 8.31. The molecule has 3 aromatic carbocycles. The van der Waals surface area contributed by atoms with Crippen LogP contribution in [-0.4, -0.2) is 35.0 Å². The molecule has 2 heterocycles. The van der Waals surface area contributed by atoms with Gasteiger partial charge in [-0.3, -0.25) is 0 Å². The Labute approximate surface area is 209 Å². The number of anilines is 1. The highest BCUT2D eigenvalue weighted by molar-refractivity contribution is 5.92. The average Bonchev–Trinajstić information content (AvgIpc) is 3.35. The molecule has 1 aliphatic rings. The van der Waals surface area contributed by atoms with Gasteiger partial charge in [0, 0.05) is 11.3 Å². The molecule has 1 atom stereocenters. The third-order valence-electron chi connectivity index (χ3n) is 6.03. The smallest absolute Gasteiger partial charge is 0.338 e. The van der Waals surface area contributed by atoms with Gasteiger partial charge in [0.2, 0.25) is 5.95 Å². The Morgan fingerprint density at radius 2 is 1.69 bits per heavy atom. The first kappa shape index (κ1) is 23.2. The number of methoxy groups -OCH3 is 2. The molecule has 1 unspecified atom stereocenters. The number of allylic oxidation sites excluding steroid dienone is 1. The topological polar surface area (TPSA) is 87.5 Å². The summed E-state index contributed by atoms with van der Waals surface area (Å²) in [4.78, 5) is 17.6. The first-order valence-electron chi connectivity index (χ1n) is 11.5. The van der Waals surface area contributed by atoms with Gasteiger partial charge in [0.05, 0.1) is 19.8 Å². The summed E-state index contributed by atoms with van der Waals surface area (Å²) in [5, 5.41) is 7.99. The molecule has 4 aromatic rings. The molecule has 0 radical (unpaired) electrons. The molecule has 0 bridgehead atoms. The van der Waals surface area contributed by atoms with Crippen molar-refractivity contribution in [2.24, 2.45) is 0 Å². The van der Waals surface area contributed by atoms with E-state index in [1.807, 2.05) is 85.8 Å². The van der Waals surface area contributed by atoms with E-state index >= 15 is 0 Å². The molecule has 182 valence electrons. The summed E-state index contributed by atoms with van der Waals surface area (Å²) >= 11 is 0. The van der Waals surface area contributed by atoms with E-state index in [4.69, 9.17) is 24.3 Å². The Kier molecular flexibility index (Phi) is 6.40. The quantitative estimate of drug-likeness (QED) is 0.371. The molecule has 5 rings (SSSR count). The van der Waals surface area contributed by atoms with Gasteiger partial charge in [0.25, 0.3) is 0 Å². The normalized spacial score (nSPS) is 14.6. The minimum Gasteiger partial charge on any atom is -0.493 e. The maximum Gasteiger partial charge on any atom is 0.338 e. The highest BCUT2D eigenvalue weighted by atomic mass is 16.5. The van der Waals surface area contributed by atoms with Crippen LogP contribution in [0.25, 0.3) is 11.4 Å². The zero-order valence-electron chi connectivity index (χ0n) is 20.3. The van der Waals surface area contributed by atoms with Crippen LogP contribution in [0.1, 0.15) is 24.1 Å². The minimum absolute atomic E-state index is 0.373. The highest BCUT2D eigenvalue weighted by Gasteiger charge is 2.35. The van der Waals surface area contributed by atoms with E-state index in [0.29, 0.717) is 41.1 Å². The third-order valence-corrected chi connectivity index (χ3v) is 6.03. The van der Waals surface area contributed by atoms with E-state index in [0.717, 1.165) is 16.7 Å². The van der Waals surface area contributed by atoms with E-state index in [2.05, 4.69) is 5.32 Å². The molecule has 0 amide bonds. The number of ether oxygens (including phenoxy) is 3. The van der Waals surface area contributed by atoms with Crippen molar-refractivity contribution in [3.8, 4) is 22.9 Å². The van der Waals surface area contributed by atoms with Gasteiger partial charge < -0.3 is 19.5 Å². The molecule has 36 heavy (non-hydrogen) atoms. The average molecular weight is 483 g/mol. The fraction of sp³-hybridized carbons (Fsp3) is 0.179. The van der Waals surface area contributed by atoms with Crippen LogP contribution < -0.4 is 14.8 Å². The van der Waals surface area contributed by atoms with E-state index in [-0.39, 0.29) is 0 Å². The van der Waals surface area contributed by atoms with Gasteiger partial charge in [-0.2, -0.15) is 4.98 Å². The lowest BCUT2D eigenvalue weighted by atomic mass is 9.95. The molecular formula is C28H26N4O4. The van der Waals surface area contributed by atoms with Gasteiger partial charge >= 0.3 is 5.97 Å². The number of carbonyl (C=O) groups is 1. The standard InChI is InChI=1S/C28H26N4O4/c1-18-24(27(33)35-3)25(32-28(29-18)30-26(31-32)20-12-8-5-9-13-20)21-14-15-22(34-2)23(16-21)36-17-19-10-6-4-7-11-19/h4-16,25H,17H2,1-3H3,(H,29,30,31). The number of nitrogens with one attached hydrogen (secondary N) is 1. The van der Waals surface area contributed by atoms with Crippen molar-refractivity contribution >= 4 is 11.9 Å². The molecule has 0 aliphatic carbocycles. The van der Waals surface area contributed by atoms with Gasteiger partial charge in [0.15, 0.2) is 17.3 Å². The number of hydrogen-bond acceptors (Lipinski definition) is 7. The van der Waals surface area contributed by atoms with Crippen molar-refractivity contribution in [1.29, 1.82) is 0 Å². The zero-order chi connectivity index (χ0) is 25.1. The van der Waals surface area contributed by atoms with Crippen molar-refractivity contribution < 1.29 is 19.0 Å². The molecule has 8 nitrogen and oxygen atoms in total. The minimum atomic E-state index is -0.580. The molecule has 1 N–H and O–H groups in total. The van der Waals surface area contributed by atoms with Crippen molar-refractivity contribution in [1.82, 2.24) is 14.8 Å². The predicted octanol–water partition coefficient (Wildman–Crippen LogP) is 4.99. The van der Waals surface area contributed by atoms with Gasteiger partial charge in [-0.15, -0.1) is 5.10 Å². The van der Waals surface area contributed by atoms with E-state index in [1.54, 1.807) is 11.8 Å². The zero-order valence-corrected chi connectivity index (χ0v) is 20.3. The number of benzene rings is 3. The molecule has 0 fully saturated rings. The van der Waals surface area contributed by atoms with Crippen LogP contribution in [0.5, 0.6) is 11.5 Å². The maximum absolute atomic E-state index is 12.9. The van der Waals surface area contributed by atoms with Crippen molar-refractivity contribution in [2.45, 2.75) is 19.6 Å². The second kappa shape index (κ2) is 9.95. The van der Waals surface area contributed by atoms with Crippen molar-refractivity contribution in [2.75, 3.05) is 19.5 Å². The number of fused-ring (bicyclic) bond motifs is 1. The van der Waals surface area contributed by atoms with Crippen LogP contribution in [0.15, 0.2) is 90.1 Å². The van der Waals surface area contributed by atoms with E-state index in [9.17, 15) is 4.79 Å². The van der Waals surface area contributed by atoms with Crippen molar-refractivity contribution in [3.63, 3.8) is 0 Å². The molecular weight excluding hydrogens is 456 g/mol. The van der Waals surface area contributed by atoms with Crippen LogP contribution in [-0.2, 0) is 16.1 Å². The van der Waals surface area contributed by atoms with Crippen LogP contribution in [0, 0.1) is 0 Å². The summed E-state index contributed by atoms with van der Waals surface area (Å²) in [6.07, 6.45) is 0. The SMILES string of the molecule is COC(=O)C1=C(C)Nc2nc(-c3ccccc3)nn2C1c1ccc(OC)c(OCc2ccccc2)c1.